The van der Waals surface area contributed by atoms with Crippen molar-refractivity contribution in [3.63, 3.8) is 0 Å². The molecule has 5 nitrogen and oxygen atoms in total. The van der Waals surface area contributed by atoms with Crippen LogP contribution in [0, 0.1) is 12.8 Å². The van der Waals surface area contributed by atoms with Crippen LogP contribution in [0.3, 0.4) is 0 Å². The van der Waals surface area contributed by atoms with Gasteiger partial charge in [0.05, 0.1) is 11.5 Å². The molecular weight excluding hydrogens is 232 g/mol. The van der Waals surface area contributed by atoms with Crippen molar-refractivity contribution in [3.8, 4) is 0 Å². The number of nitrogens with zero attached hydrogens (tertiary/aromatic N) is 2. The Bertz CT molecular complexity index is 487. The van der Waals surface area contributed by atoms with Gasteiger partial charge in [-0.05, 0) is 32.4 Å². The Morgan fingerprint density at radius 2 is 2.22 bits per heavy atom. The van der Waals surface area contributed by atoms with Crippen LogP contribution in [0.2, 0.25) is 0 Å². The van der Waals surface area contributed by atoms with E-state index in [9.17, 15) is 9.59 Å². The number of rotatable bonds is 2. The molecule has 2 atom stereocenters. The quantitative estimate of drug-likeness (QED) is 0.857. The Labute approximate surface area is 105 Å². The first-order valence-electron chi connectivity index (χ1n) is 5.97. The molecule has 0 aliphatic carbocycles. The maximum absolute atomic E-state index is 12.3. The van der Waals surface area contributed by atoms with Crippen LogP contribution >= 0.6 is 0 Å². The Morgan fingerprint density at radius 1 is 1.50 bits per heavy atom. The number of amides is 1. The summed E-state index contributed by atoms with van der Waals surface area (Å²) < 4.78 is 0. The molecule has 1 aliphatic rings. The molecule has 2 rings (SSSR count). The lowest BCUT2D eigenvalue weighted by Gasteiger charge is -2.23. The molecule has 0 radical (unpaired) electrons. The highest BCUT2D eigenvalue weighted by molar-refractivity contribution is 5.96. The largest absolute Gasteiger partial charge is 0.481 e. The van der Waals surface area contributed by atoms with Gasteiger partial charge in [0.25, 0.3) is 5.91 Å². The van der Waals surface area contributed by atoms with Gasteiger partial charge in [0.1, 0.15) is 0 Å². The summed E-state index contributed by atoms with van der Waals surface area (Å²) >= 11 is 0. The summed E-state index contributed by atoms with van der Waals surface area (Å²) in [4.78, 5) is 29.1. The predicted octanol–water partition coefficient (Wildman–Crippen LogP) is 1.33. The van der Waals surface area contributed by atoms with Crippen molar-refractivity contribution < 1.29 is 14.7 Å². The molecule has 1 amide bonds. The summed E-state index contributed by atoms with van der Waals surface area (Å²) in [6.07, 6.45) is 2.15. The molecule has 0 aromatic carbocycles. The van der Waals surface area contributed by atoms with Crippen LogP contribution in [0.5, 0.6) is 0 Å². The summed E-state index contributed by atoms with van der Waals surface area (Å²) in [6, 6.07) is 3.18. The van der Waals surface area contributed by atoms with Crippen LogP contribution in [0.4, 0.5) is 0 Å². The molecule has 0 bridgehead atoms. The van der Waals surface area contributed by atoms with Crippen molar-refractivity contribution in [2.75, 3.05) is 6.54 Å². The number of carbonyl (C=O) groups is 2. The highest BCUT2D eigenvalue weighted by Gasteiger charge is 2.38. The third-order valence-corrected chi connectivity index (χ3v) is 3.57. The smallest absolute Gasteiger partial charge is 0.308 e. The van der Waals surface area contributed by atoms with Crippen molar-refractivity contribution in [2.24, 2.45) is 5.92 Å². The van der Waals surface area contributed by atoms with Crippen LogP contribution in [-0.4, -0.2) is 39.5 Å². The van der Waals surface area contributed by atoms with Gasteiger partial charge in [-0.3, -0.25) is 14.6 Å². The molecule has 1 aromatic rings. The number of pyridine rings is 1. The number of aromatic nitrogens is 1. The fourth-order valence-corrected chi connectivity index (χ4v) is 2.42. The number of aliphatic carboxylic acids is 1. The van der Waals surface area contributed by atoms with E-state index in [0.717, 1.165) is 0 Å². The van der Waals surface area contributed by atoms with Gasteiger partial charge < -0.3 is 10.0 Å². The Morgan fingerprint density at radius 3 is 2.78 bits per heavy atom. The van der Waals surface area contributed by atoms with Crippen molar-refractivity contribution in [1.82, 2.24) is 9.88 Å². The predicted molar refractivity (Wildman–Crippen MR) is 65.2 cm³/mol. The molecular formula is C13H16N2O3. The second-order valence-electron chi connectivity index (χ2n) is 4.61. The zero-order valence-corrected chi connectivity index (χ0v) is 10.5. The first-order chi connectivity index (χ1) is 8.52. The standard InChI is InChI=1S/C13H16N2O3/c1-8-10(4-3-6-14-8)12(16)15-7-5-11(9(15)2)13(17)18/h3-4,6,9,11H,5,7H2,1-2H3,(H,17,18). The Hall–Kier alpha value is -1.91. The lowest BCUT2D eigenvalue weighted by Crippen LogP contribution is -2.38. The van der Waals surface area contributed by atoms with E-state index in [1.54, 1.807) is 37.1 Å². The molecule has 1 aromatic heterocycles. The average molecular weight is 248 g/mol. The molecule has 96 valence electrons. The first-order valence-corrected chi connectivity index (χ1v) is 5.97. The van der Waals surface area contributed by atoms with E-state index in [1.807, 2.05) is 0 Å². The van der Waals surface area contributed by atoms with Crippen LogP contribution in [0.15, 0.2) is 18.3 Å². The summed E-state index contributed by atoms with van der Waals surface area (Å²) in [5.41, 5.74) is 1.23. The van der Waals surface area contributed by atoms with Crippen LogP contribution in [0.25, 0.3) is 0 Å². The maximum Gasteiger partial charge on any atom is 0.308 e. The van der Waals surface area contributed by atoms with E-state index in [2.05, 4.69) is 4.98 Å². The highest BCUT2D eigenvalue weighted by atomic mass is 16.4. The van der Waals surface area contributed by atoms with E-state index < -0.39 is 11.9 Å². The van der Waals surface area contributed by atoms with Gasteiger partial charge in [0.2, 0.25) is 0 Å². The Balaban J connectivity index is 2.21. The molecule has 1 fully saturated rings. The Kier molecular flexibility index (Phi) is 3.32. The maximum atomic E-state index is 12.3. The van der Waals surface area contributed by atoms with Crippen LogP contribution in [0.1, 0.15) is 29.4 Å². The fourth-order valence-electron chi connectivity index (χ4n) is 2.42. The number of carboxylic acids is 1. The molecule has 1 aliphatic heterocycles. The van der Waals surface area contributed by atoms with Crippen molar-refractivity contribution >= 4 is 11.9 Å². The van der Waals surface area contributed by atoms with Gasteiger partial charge in [-0.15, -0.1) is 0 Å². The van der Waals surface area contributed by atoms with Gasteiger partial charge in [-0.25, -0.2) is 0 Å². The molecule has 5 heteroatoms. The van der Waals surface area contributed by atoms with E-state index in [0.29, 0.717) is 24.2 Å². The number of hydrogen-bond donors (Lipinski definition) is 1. The lowest BCUT2D eigenvalue weighted by molar-refractivity contribution is -0.142. The van der Waals surface area contributed by atoms with Gasteiger partial charge in [-0.1, -0.05) is 0 Å². The van der Waals surface area contributed by atoms with E-state index >= 15 is 0 Å². The normalized spacial score (nSPS) is 23.1. The molecule has 0 saturated carbocycles. The monoisotopic (exact) mass is 248 g/mol. The zero-order chi connectivity index (χ0) is 13.3. The minimum absolute atomic E-state index is 0.128. The molecule has 18 heavy (non-hydrogen) atoms. The SMILES string of the molecule is Cc1ncccc1C(=O)N1CCC(C(=O)O)C1C. The third-order valence-electron chi connectivity index (χ3n) is 3.57. The highest BCUT2D eigenvalue weighted by Crippen LogP contribution is 2.26. The van der Waals surface area contributed by atoms with Gasteiger partial charge in [0, 0.05) is 24.5 Å². The van der Waals surface area contributed by atoms with Crippen LogP contribution < -0.4 is 0 Å². The summed E-state index contributed by atoms with van der Waals surface area (Å²) in [6.45, 7) is 4.06. The number of carbonyl (C=O) groups excluding carboxylic acids is 1. The lowest BCUT2D eigenvalue weighted by atomic mass is 10.0. The van der Waals surface area contributed by atoms with E-state index in [-0.39, 0.29) is 11.9 Å². The molecule has 2 heterocycles. The van der Waals surface area contributed by atoms with Gasteiger partial charge >= 0.3 is 5.97 Å². The zero-order valence-electron chi connectivity index (χ0n) is 10.5. The molecule has 2 unspecified atom stereocenters. The van der Waals surface area contributed by atoms with E-state index in [4.69, 9.17) is 5.11 Å². The number of likely N-dealkylation sites (tertiary alicyclic amines) is 1. The molecule has 1 saturated heterocycles. The van der Waals surface area contributed by atoms with Crippen molar-refractivity contribution in [1.29, 1.82) is 0 Å². The van der Waals surface area contributed by atoms with E-state index in [1.165, 1.54) is 0 Å². The number of aryl methyl sites for hydroxylation is 1. The molecule has 1 N–H and O–H groups in total. The number of carboxylic acid groups (broad SMARTS) is 1. The minimum Gasteiger partial charge on any atom is -0.481 e. The summed E-state index contributed by atoms with van der Waals surface area (Å²) in [5, 5.41) is 9.06. The fraction of sp³-hybridized carbons (Fsp3) is 0.462. The topological polar surface area (TPSA) is 70.5 Å². The summed E-state index contributed by atoms with van der Waals surface area (Å²) in [7, 11) is 0. The number of hydrogen-bond acceptors (Lipinski definition) is 3. The average Bonchev–Trinajstić information content (AvgIpc) is 2.71. The van der Waals surface area contributed by atoms with Crippen LogP contribution in [-0.2, 0) is 4.79 Å². The minimum atomic E-state index is -0.833. The first kappa shape index (κ1) is 12.5. The summed E-state index contributed by atoms with van der Waals surface area (Å²) in [5.74, 6) is -1.43. The van der Waals surface area contributed by atoms with Crippen molar-refractivity contribution in [2.45, 2.75) is 26.3 Å². The third kappa shape index (κ3) is 2.08. The second-order valence-corrected chi connectivity index (χ2v) is 4.61. The second kappa shape index (κ2) is 4.76. The van der Waals surface area contributed by atoms with Gasteiger partial charge in [0.15, 0.2) is 0 Å². The van der Waals surface area contributed by atoms with Gasteiger partial charge in [-0.2, -0.15) is 0 Å². The van der Waals surface area contributed by atoms with Crippen molar-refractivity contribution in [3.05, 3.63) is 29.6 Å². The molecule has 0 spiro atoms.